The molecule has 2 heterocycles. The van der Waals surface area contributed by atoms with Gasteiger partial charge in [0.25, 0.3) is 5.56 Å². The second kappa shape index (κ2) is 6.24. The largest absolute Gasteiger partial charge is 0.394 e. The lowest BCUT2D eigenvalue weighted by molar-refractivity contribution is -0.0556. The zero-order valence-corrected chi connectivity index (χ0v) is 11.1. The molecule has 1 aliphatic heterocycles. The molecule has 0 spiro atoms. The first-order chi connectivity index (χ1) is 10.0. The molecule has 0 bridgehead atoms. The molecule has 1 aliphatic rings. The average Bonchev–Trinajstić information content (AvgIpc) is 2.75. The van der Waals surface area contributed by atoms with Crippen LogP contribution in [0.1, 0.15) is 12.6 Å². The number of hydrogen-bond acceptors (Lipinski definition) is 6. The molecule has 0 aliphatic carbocycles. The third-order valence-electron chi connectivity index (χ3n) is 3.37. The highest BCUT2D eigenvalue weighted by Gasteiger charge is 2.43. The summed E-state index contributed by atoms with van der Waals surface area (Å²) in [4.78, 5) is 23.9. The van der Waals surface area contributed by atoms with Gasteiger partial charge in [-0.15, -0.1) is 12.3 Å². The second-order valence-corrected chi connectivity index (χ2v) is 4.68. The van der Waals surface area contributed by atoms with Gasteiger partial charge in [0.05, 0.1) is 6.61 Å². The lowest BCUT2D eigenvalue weighted by Crippen LogP contribution is -2.43. The molecule has 8 nitrogen and oxygen atoms in total. The van der Waals surface area contributed by atoms with Crippen LogP contribution in [0.25, 0.3) is 0 Å². The minimum atomic E-state index is -1.39. The molecule has 1 aromatic heterocycles. The van der Waals surface area contributed by atoms with Crippen molar-refractivity contribution in [2.45, 2.75) is 37.5 Å². The fraction of sp³-hybridized carbons (Fsp3) is 0.538. The fourth-order valence-corrected chi connectivity index (χ4v) is 2.22. The first kappa shape index (κ1) is 15.5. The first-order valence-electron chi connectivity index (χ1n) is 6.39. The standard InChI is InChI=1S/C13H16N2O6/c1-2-3-5-14-9(17)4-6-15(13(14)20)12-11(19)10(18)8(7-16)21-12/h1,4,6,8,10-12,16,18-19H,3,5,7H2/t8-,10-,11-,12-/m1/s1. The van der Waals surface area contributed by atoms with Crippen molar-refractivity contribution in [1.29, 1.82) is 0 Å². The predicted octanol–water partition coefficient (Wildman–Crippen LogP) is -2.36. The molecule has 0 radical (unpaired) electrons. The monoisotopic (exact) mass is 296 g/mol. The summed E-state index contributed by atoms with van der Waals surface area (Å²) in [6, 6.07) is 1.15. The van der Waals surface area contributed by atoms with Gasteiger partial charge in [-0.2, -0.15) is 0 Å². The van der Waals surface area contributed by atoms with E-state index in [1.807, 2.05) is 0 Å². The summed E-state index contributed by atoms with van der Waals surface area (Å²) in [5.41, 5.74) is -1.22. The van der Waals surface area contributed by atoms with Gasteiger partial charge in [-0.05, 0) is 0 Å². The van der Waals surface area contributed by atoms with E-state index in [4.69, 9.17) is 16.3 Å². The number of nitrogens with zero attached hydrogens (tertiary/aromatic N) is 2. The van der Waals surface area contributed by atoms with Crippen molar-refractivity contribution in [2.75, 3.05) is 6.61 Å². The van der Waals surface area contributed by atoms with Crippen LogP contribution >= 0.6 is 0 Å². The molecule has 2 rings (SSSR count). The molecule has 21 heavy (non-hydrogen) atoms. The molecular formula is C13H16N2O6. The van der Waals surface area contributed by atoms with Gasteiger partial charge in [-0.1, -0.05) is 0 Å². The Morgan fingerprint density at radius 1 is 1.33 bits per heavy atom. The van der Waals surface area contributed by atoms with Crippen LogP contribution in [0.15, 0.2) is 21.9 Å². The zero-order valence-electron chi connectivity index (χ0n) is 11.1. The maximum atomic E-state index is 12.3. The summed E-state index contributed by atoms with van der Waals surface area (Å²) in [6.07, 6.45) is 1.61. The smallest absolute Gasteiger partial charge is 0.333 e. The Morgan fingerprint density at radius 3 is 2.62 bits per heavy atom. The quantitative estimate of drug-likeness (QED) is 0.536. The summed E-state index contributed by atoms with van der Waals surface area (Å²) < 4.78 is 7.19. The molecule has 1 fully saturated rings. The van der Waals surface area contributed by atoms with Crippen LogP contribution in [0.3, 0.4) is 0 Å². The van der Waals surface area contributed by atoms with Crippen molar-refractivity contribution >= 4 is 0 Å². The van der Waals surface area contributed by atoms with Crippen molar-refractivity contribution in [3.05, 3.63) is 33.1 Å². The van der Waals surface area contributed by atoms with E-state index in [0.717, 1.165) is 15.2 Å². The van der Waals surface area contributed by atoms with Crippen LogP contribution in [0, 0.1) is 12.3 Å². The van der Waals surface area contributed by atoms with Gasteiger partial charge in [-0.3, -0.25) is 13.9 Å². The normalized spacial score (nSPS) is 28.5. The van der Waals surface area contributed by atoms with Crippen molar-refractivity contribution in [1.82, 2.24) is 9.13 Å². The van der Waals surface area contributed by atoms with Crippen molar-refractivity contribution < 1.29 is 20.1 Å². The summed E-state index contributed by atoms with van der Waals surface area (Å²) in [5, 5.41) is 28.6. The molecular weight excluding hydrogens is 280 g/mol. The molecule has 3 N–H and O–H groups in total. The maximum absolute atomic E-state index is 12.3. The van der Waals surface area contributed by atoms with Gasteiger partial charge in [0.2, 0.25) is 0 Å². The van der Waals surface area contributed by atoms with Crippen LogP contribution in [-0.2, 0) is 11.3 Å². The predicted molar refractivity (Wildman–Crippen MR) is 71.4 cm³/mol. The van der Waals surface area contributed by atoms with Crippen LogP contribution in [0.2, 0.25) is 0 Å². The SMILES string of the molecule is C#CCCn1c(=O)ccn([C@@H]2O[C@H](CO)[C@@H](O)[C@H]2O)c1=O. The minimum absolute atomic E-state index is 0.0454. The fourth-order valence-electron chi connectivity index (χ4n) is 2.22. The Bertz CT molecular complexity index is 658. The molecule has 0 unspecified atom stereocenters. The number of aliphatic hydroxyl groups excluding tert-OH is 3. The number of aromatic nitrogens is 2. The van der Waals surface area contributed by atoms with Gasteiger partial charge in [0, 0.05) is 25.2 Å². The molecule has 0 amide bonds. The maximum Gasteiger partial charge on any atom is 0.333 e. The molecule has 1 saturated heterocycles. The number of terminal acetylenes is 1. The molecule has 8 heteroatoms. The van der Waals surface area contributed by atoms with Crippen molar-refractivity contribution in [2.24, 2.45) is 0 Å². The summed E-state index contributed by atoms with van der Waals surface area (Å²) >= 11 is 0. The highest BCUT2D eigenvalue weighted by molar-refractivity contribution is 4.95. The first-order valence-corrected chi connectivity index (χ1v) is 6.39. The molecule has 4 atom stereocenters. The highest BCUT2D eigenvalue weighted by atomic mass is 16.6. The van der Waals surface area contributed by atoms with E-state index >= 15 is 0 Å². The topological polar surface area (TPSA) is 114 Å². The number of ether oxygens (including phenoxy) is 1. The second-order valence-electron chi connectivity index (χ2n) is 4.68. The van der Waals surface area contributed by atoms with Gasteiger partial charge < -0.3 is 20.1 Å². The van der Waals surface area contributed by atoms with Gasteiger partial charge >= 0.3 is 5.69 Å². The Morgan fingerprint density at radius 2 is 2.05 bits per heavy atom. The third kappa shape index (κ3) is 2.77. The van der Waals surface area contributed by atoms with Gasteiger partial charge in [-0.25, -0.2) is 4.79 Å². The van der Waals surface area contributed by atoms with E-state index in [9.17, 15) is 19.8 Å². The van der Waals surface area contributed by atoms with E-state index in [0.29, 0.717) is 0 Å². The van der Waals surface area contributed by atoms with Crippen LogP contribution in [-0.4, -0.2) is 49.4 Å². The zero-order chi connectivity index (χ0) is 15.6. The highest BCUT2D eigenvalue weighted by Crippen LogP contribution is 2.27. The molecule has 1 aromatic rings. The third-order valence-corrected chi connectivity index (χ3v) is 3.37. The van der Waals surface area contributed by atoms with Crippen molar-refractivity contribution in [3.63, 3.8) is 0 Å². The van der Waals surface area contributed by atoms with Gasteiger partial charge in [0.1, 0.15) is 18.3 Å². The van der Waals surface area contributed by atoms with E-state index < -0.39 is 42.4 Å². The number of rotatable bonds is 4. The van der Waals surface area contributed by atoms with E-state index in [-0.39, 0.29) is 13.0 Å². The van der Waals surface area contributed by atoms with Crippen LogP contribution in [0.5, 0.6) is 0 Å². The average molecular weight is 296 g/mol. The Kier molecular flexibility index (Phi) is 4.59. The molecule has 0 aromatic carbocycles. The lowest BCUT2D eigenvalue weighted by atomic mass is 10.1. The molecule has 114 valence electrons. The molecule has 0 saturated carbocycles. The van der Waals surface area contributed by atoms with Crippen molar-refractivity contribution in [3.8, 4) is 12.3 Å². The van der Waals surface area contributed by atoms with Gasteiger partial charge in [0.15, 0.2) is 6.23 Å². The Hall–Kier alpha value is -1.92. The number of aliphatic hydroxyl groups is 3. The summed E-state index contributed by atoms with van der Waals surface area (Å²) in [6.45, 7) is -0.454. The van der Waals surface area contributed by atoms with Crippen LogP contribution in [0.4, 0.5) is 0 Å². The van der Waals surface area contributed by atoms with E-state index in [2.05, 4.69) is 5.92 Å². The van der Waals surface area contributed by atoms with E-state index in [1.165, 1.54) is 6.20 Å². The summed E-state index contributed by atoms with van der Waals surface area (Å²) in [5.74, 6) is 2.33. The Balaban J connectivity index is 2.40. The lowest BCUT2D eigenvalue weighted by Gasteiger charge is -2.18. The minimum Gasteiger partial charge on any atom is -0.394 e. The van der Waals surface area contributed by atoms with Crippen LogP contribution < -0.4 is 11.2 Å². The van der Waals surface area contributed by atoms with E-state index in [1.54, 1.807) is 0 Å². The number of hydrogen-bond donors (Lipinski definition) is 3. The Labute approximate surface area is 119 Å². The summed E-state index contributed by atoms with van der Waals surface area (Å²) in [7, 11) is 0.